The Morgan fingerprint density at radius 2 is 2.00 bits per heavy atom. The lowest BCUT2D eigenvalue weighted by Gasteiger charge is -2.64. The highest BCUT2D eigenvalue weighted by molar-refractivity contribution is 5.62. The monoisotopic (exact) mass is 431 g/mol. The molecule has 2 bridgehead atoms. The Hall–Kier alpha value is -2.04. The Labute approximate surface area is 190 Å². The Morgan fingerprint density at radius 1 is 1.16 bits per heavy atom. The van der Waals surface area contributed by atoms with Crippen molar-refractivity contribution in [1.82, 2.24) is 4.90 Å². The van der Waals surface area contributed by atoms with Gasteiger partial charge in [0.1, 0.15) is 12.7 Å². The average Bonchev–Trinajstić information content (AvgIpc) is 3.53. The molecule has 0 amide bonds. The van der Waals surface area contributed by atoms with Crippen LogP contribution < -0.4 is 9.47 Å². The molecule has 0 aromatic heterocycles. The molecule has 3 fully saturated rings. The number of nitrogens with zero attached hydrogens (tertiary/aromatic N) is 1. The molecule has 5 aliphatic rings. The van der Waals surface area contributed by atoms with E-state index in [-0.39, 0.29) is 17.6 Å². The number of piperidine rings is 1. The summed E-state index contributed by atoms with van der Waals surface area (Å²) in [5, 5.41) is 12.5. The summed E-state index contributed by atoms with van der Waals surface area (Å²) in [5.41, 5.74) is 2.83. The fraction of sp³-hybridized carbons (Fsp3) is 0.571. The number of likely N-dealkylation sites (tertiary alicyclic amines) is 1. The molecule has 2 heterocycles. The highest BCUT2D eigenvalue weighted by Gasteiger charge is 2.72. The average molecular weight is 432 g/mol. The van der Waals surface area contributed by atoms with Crippen LogP contribution in [-0.4, -0.2) is 40.8 Å². The molecule has 3 aliphatic carbocycles. The number of ether oxygens (including phenoxy) is 2. The lowest BCUT2D eigenvalue weighted by atomic mass is 9.48. The highest BCUT2D eigenvalue weighted by atomic mass is 16.5. The highest BCUT2D eigenvalue weighted by Crippen LogP contribution is 2.66. The van der Waals surface area contributed by atoms with Gasteiger partial charge in [0.15, 0.2) is 11.5 Å². The summed E-state index contributed by atoms with van der Waals surface area (Å²) >= 11 is 0. The molecule has 2 aromatic rings. The molecule has 4 heteroatoms. The van der Waals surface area contributed by atoms with Gasteiger partial charge in [0.05, 0.1) is 11.0 Å². The SMILES string of the molecule is CC1C[C@@H]2Oc3c(OCc4ccccc4)ccc4c3[C@@]23CCN(CC2CC2)[C@H](C4)[C@]3(O)C1. The van der Waals surface area contributed by atoms with Crippen LogP contribution in [-0.2, 0) is 18.4 Å². The molecule has 1 unspecified atom stereocenters. The maximum absolute atomic E-state index is 12.5. The molecule has 2 saturated carbocycles. The number of benzene rings is 2. The second-order valence-electron chi connectivity index (χ2n) is 11.2. The molecular weight excluding hydrogens is 398 g/mol. The van der Waals surface area contributed by atoms with E-state index >= 15 is 0 Å². The van der Waals surface area contributed by atoms with E-state index in [9.17, 15) is 5.11 Å². The maximum atomic E-state index is 12.5. The first-order chi connectivity index (χ1) is 15.6. The largest absolute Gasteiger partial charge is 0.485 e. The van der Waals surface area contributed by atoms with Gasteiger partial charge in [0.2, 0.25) is 0 Å². The predicted molar refractivity (Wildman–Crippen MR) is 123 cm³/mol. The summed E-state index contributed by atoms with van der Waals surface area (Å²) in [6, 6.07) is 14.9. The zero-order valence-corrected chi connectivity index (χ0v) is 18.9. The van der Waals surface area contributed by atoms with Crippen LogP contribution in [0, 0.1) is 11.8 Å². The van der Waals surface area contributed by atoms with E-state index in [1.807, 2.05) is 18.2 Å². The normalized spacial score (nSPS) is 37.0. The van der Waals surface area contributed by atoms with Crippen LogP contribution in [0.15, 0.2) is 42.5 Å². The standard InChI is InChI=1S/C28H33NO3/c1-18-13-24-27-11-12-29(16-19-7-8-19)23(28(27,30)15-18)14-21-9-10-22(26(32-24)25(21)27)31-17-20-5-3-2-4-6-20/h2-6,9-10,18-19,23-24,30H,7-8,11-17H2,1H3/t18?,23-,24+,27-,28-/m1/s1. The minimum atomic E-state index is -0.710. The van der Waals surface area contributed by atoms with Gasteiger partial charge in [-0.15, -0.1) is 0 Å². The van der Waals surface area contributed by atoms with Crippen molar-refractivity contribution in [2.24, 2.45) is 11.8 Å². The van der Waals surface area contributed by atoms with Gasteiger partial charge >= 0.3 is 0 Å². The molecule has 168 valence electrons. The molecule has 0 radical (unpaired) electrons. The summed E-state index contributed by atoms with van der Waals surface area (Å²) in [6.07, 6.45) is 6.59. The van der Waals surface area contributed by atoms with Gasteiger partial charge in [-0.2, -0.15) is 0 Å². The molecule has 1 spiro atoms. The minimum Gasteiger partial charge on any atom is -0.485 e. The molecule has 1 N–H and O–H groups in total. The maximum Gasteiger partial charge on any atom is 0.165 e. The lowest BCUT2D eigenvalue weighted by Crippen LogP contribution is -2.76. The van der Waals surface area contributed by atoms with Crippen LogP contribution in [0.4, 0.5) is 0 Å². The molecule has 4 nitrogen and oxygen atoms in total. The first-order valence-corrected chi connectivity index (χ1v) is 12.5. The van der Waals surface area contributed by atoms with E-state index in [1.165, 1.54) is 24.0 Å². The van der Waals surface area contributed by atoms with Crippen molar-refractivity contribution in [3.8, 4) is 11.5 Å². The molecule has 1 saturated heterocycles. The van der Waals surface area contributed by atoms with Gasteiger partial charge in [-0.3, -0.25) is 4.90 Å². The summed E-state index contributed by atoms with van der Waals surface area (Å²) in [6.45, 7) is 5.06. The van der Waals surface area contributed by atoms with Crippen molar-refractivity contribution in [2.45, 2.75) is 75.2 Å². The molecular formula is C28H33NO3. The van der Waals surface area contributed by atoms with Crippen LogP contribution in [0.2, 0.25) is 0 Å². The Balaban J connectivity index is 1.31. The van der Waals surface area contributed by atoms with Gasteiger partial charge in [-0.1, -0.05) is 43.3 Å². The van der Waals surface area contributed by atoms with Crippen LogP contribution in [0.25, 0.3) is 0 Å². The van der Waals surface area contributed by atoms with Crippen molar-refractivity contribution in [2.75, 3.05) is 13.1 Å². The van der Waals surface area contributed by atoms with E-state index in [0.717, 1.165) is 61.8 Å². The fourth-order valence-electron chi connectivity index (χ4n) is 7.61. The van der Waals surface area contributed by atoms with E-state index in [2.05, 4.69) is 36.1 Å². The van der Waals surface area contributed by atoms with Crippen molar-refractivity contribution in [3.05, 3.63) is 59.2 Å². The Kier molecular flexibility index (Phi) is 4.09. The number of rotatable bonds is 5. The van der Waals surface area contributed by atoms with E-state index in [0.29, 0.717) is 12.5 Å². The molecule has 32 heavy (non-hydrogen) atoms. The van der Waals surface area contributed by atoms with Crippen LogP contribution in [0.3, 0.4) is 0 Å². The second-order valence-corrected chi connectivity index (χ2v) is 11.2. The van der Waals surface area contributed by atoms with Crippen LogP contribution >= 0.6 is 0 Å². The predicted octanol–water partition coefficient (Wildman–Crippen LogP) is 4.47. The van der Waals surface area contributed by atoms with Crippen molar-refractivity contribution < 1.29 is 14.6 Å². The molecule has 2 aliphatic heterocycles. The van der Waals surface area contributed by atoms with E-state index < -0.39 is 5.60 Å². The third-order valence-corrected chi connectivity index (χ3v) is 9.14. The van der Waals surface area contributed by atoms with E-state index in [4.69, 9.17) is 9.47 Å². The van der Waals surface area contributed by atoms with E-state index in [1.54, 1.807) is 0 Å². The third kappa shape index (κ3) is 2.57. The van der Waals surface area contributed by atoms with Gasteiger partial charge < -0.3 is 14.6 Å². The third-order valence-electron chi connectivity index (χ3n) is 9.14. The Bertz CT molecular complexity index is 1050. The number of hydrogen-bond acceptors (Lipinski definition) is 4. The zero-order valence-electron chi connectivity index (χ0n) is 18.9. The van der Waals surface area contributed by atoms with Gasteiger partial charge in [-0.25, -0.2) is 0 Å². The first-order valence-electron chi connectivity index (χ1n) is 12.5. The van der Waals surface area contributed by atoms with Crippen molar-refractivity contribution in [3.63, 3.8) is 0 Å². The quantitative estimate of drug-likeness (QED) is 0.759. The second kappa shape index (κ2) is 6.74. The topological polar surface area (TPSA) is 41.9 Å². The summed E-state index contributed by atoms with van der Waals surface area (Å²) in [4.78, 5) is 2.64. The first kappa shape index (κ1) is 19.4. The molecule has 5 atom stereocenters. The minimum absolute atomic E-state index is 0.0531. The summed E-state index contributed by atoms with van der Waals surface area (Å²) in [7, 11) is 0. The van der Waals surface area contributed by atoms with Gasteiger partial charge in [-0.05, 0) is 74.1 Å². The molecule has 7 rings (SSSR count). The number of aliphatic hydroxyl groups is 1. The smallest absolute Gasteiger partial charge is 0.165 e. The summed E-state index contributed by atoms with van der Waals surface area (Å²) < 4.78 is 13.1. The van der Waals surface area contributed by atoms with Gasteiger partial charge in [0.25, 0.3) is 0 Å². The zero-order chi connectivity index (χ0) is 21.5. The van der Waals surface area contributed by atoms with Crippen molar-refractivity contribution >= 4 is 0 Å². The Morgan fingerprint density at radius 3 is 2.81 bits per heavy atom. The van der Waals surface area contributed by atoms with Gasteiger partial charge in [0, 0.05) is 18.2 Å². The molecule has 2 aromatic carbocycles. The van der Waals surface area contributed by atoms with Crippen LogP contribution in [0.1, 0.15) is 55.7 Å². The number of hydrogen-bond donors (Lipinski definition) is 1. The summed E-state index contributed by atoms with van der Waals surface area (Å²) in [5.74, 6) is 3.07. The fourth-order valence-corrected chi connectivity index (χ4v) is 7.61. The van der Waals surface area contributed by atoms with Crippen molar-refractivity contribution in [1.29, 1.82) is 0 Å². The lowest BCUT2D eigenvalue weighted by molar-refractivity contribution is -0.195. The van der Waals surface area contributed by atoms with Crippen LogP contribution in [0.5, 0.6) is 11.5 Å².